The topological polar surface area (TPSA) is 104 Å². The number of fused-ring (bicyclic) bond motifs is 1. The average molecular weight is 613 g/mol. The van der Waals surface area contributed by atoms with Gasteiger partial charge < -0.3 is 10.2 Å². The third-order valence-corrected chi connectivity index (χ3v) is 9.04. The van der Waals surface area contributed by atoms with Gasteiger partial charge in [0.05, 0.1) is 5.56 Å². The lowest BCUT2D eigenvalue weighted by molar-refractivity contribution is -0.141. The van der Waals surface area contributed by atoms with E-state index in [4.69, 9.17) is 0 Å². The maximum Gasteiger partial charge on any atom is 0.269 e. The summed E-state index contributed by atoms with van der Waals surface area (Å²) in [6.07, 6.45) is 0.912. The molecule has 0 saturated heterocycles. The number of nitrogens with one attached hydrogen (secondary N) is 1. The normalized spacial score (nSPS) is 15.4. The molecule has 0 aliphatic carbocycles. The van der Waals surface area contributed by atoms with E-state index >= 15 is 0 Å². The van der Waals surface area contributed by atoms with Crippen LogP contribution in [0.1, 0.15) is 41.8 Å². The molecule has 0 saturated carbocycles. The van der Waals surface area contributed by atoms with E-state index in [-0.39, 0.29) is 35.4 Å². The van der Waals surface area contributed by atoms with E-state index in [0.717, 1.165) is 15.6 Å². The molecule has 3 aromatic rings. The van der Waals surface area contributed by atoms with Crippen molar-refractivity contribution in [3.05, 3.63) is 100 Å². The smallest absolute Gasteiger partial charge is 0.269 e. The van der Waals surface area contributed by atoms with Crippen LogP contribution in [0.25, 0.3) is 0 Å². The molecule has 39 heavy (non-hydrogen) atoms. The van der Waals surface area contributed by atoms with Gasteiger partial charge in [0.15, 0.2) is 0 Å². The standard InChI is InChI=1S/C29H30BrN3O5S/c1-3-20(2)31-28(35)25(17-21-9-5-4-6-10-21)32(18-22-13-15-23(30)16-14-22)27(34)19-33-29(36)24-11-7-8-12-26(24)39(33,37)38/h4-16,20,25H,3,17-19H2,1-2H3,(H,31,35)/t20-,25-/m1/s1. The van der Waals surface area contributed by atoms with Crippen LogP contribution in [0.4, 0.5) is 0 Å². The highest BCUT2D eigenvalue weighted by Gasteiger charge is 2.43. The lowest BCUT2D eigenvalue weighted by Crippen LogP contribution is -2.54. The number of nitrogens with zero attached hydrogens (tertiary/aromatic N) is 2. The first-order valence-corrected chi connectivity index (χ1v) is 14.9. The molecule has 3 aromatic carbocycles. The molecule has 0 unspecified atom stereocenters. The van der Waals surface area contributed by atoms with Gasteiger partial charge >= 0.3 is 0 Å². The summed E-state index contributed by atoms with van der Waals surface area (Å²) in [4.78, 5) is 41.8. The molecular weight excluding hydrogens is 582 g/mol. The SMILES string of the molecule is CC[C@@H](C)NC(=O)[C@@H](Cc1ccccc1)N(Cc1ccc(Br)cc1)C(=O)CN1C(=O)c2ccccc2S1(=O)=O. The Labute approximate surface area is 237 Å². The van der Waals surface area contributed by atoms with Gasteiger partial charge in [0.25, 0.3) is 15.9 Å². The van der Waals surface area contributed by atoms with Crippen LogP contribution in [0, 0.1) is 0 Å². The van der Waals surface area contributed by atoms with Gasteiger partial charge in [0, 0.05) is 23.5 Å². The molecule has 10 heteroatoms. The Hall–Kier alpha value is -3.50. The quantitative estimate of drug-likeness (QED) is 0.371. The second-order valence-electron chi connectivity index (χ2n) is 9.48. The van der Waals surface area contributed by atoms with Gasteiger partial charge in [0.1, 0.15) is 17.5 Å². The van der Waals surface area contributed by atoms with Crippen molar-refractivity contribution in [2.45, 2.75) is 50.2 Å². The molecule has 2 atom stereocenters. The van der Waals surface area contributed by atoms with Gasteiger partial charge in [-0.1, -0.05) is 77.5 Å². The summed E-state index contributed by atoms with van der Waals surface area (Å²) in [6, 6.07) is 21.4. The number of carbonyl (C=O) groups is 3. The molecule has 1 heterocycles. The predicted octanol–water partition coefficient (Wildman–Crippen LogP) is 4.15. The first-order chi connectivity index (χ1) is 18.6. The number of hydrogen-bond acceptors (Lipinski definition) is 5. The zero-order valence-electron chi connectivity index (χ0n) is 21.7. The second kappa shape index (κ2) is 12.1. The van der Waals surface area contributed by atoms with E-state index in [1.54, 1.807) is 6.07 Å². The fourth-order valence-electron chi connectivity index (χ4n) is 4.38. The van der Waals surface area contributed by atoms with Crippen molar-refractivity contribution in [1.82, 2.24) is 14.5 Å². The summed E-state index contributed by atoms with van der Waals surface area (Å²) in [5.41, 5.74) is 1.62. The molecule has 0 aromatic heterocycles. The van der Waals surface area contributed by atoms with Crippen LogP contribution in [0.2, 0.25) is 0 Å². The Balaban J connectivity index is 1.71. The molecule has 8 nitrogen and oxygen atoms in total. The van der Waals surface area contributed by atoms with Gasteiger partial charge in [-0.3, -0.25) is 14.4 Å². The van der Waals surface area contributed by atoms with Crippen LogP contribution in [-0.2, 0) is 32.6 Å². The van der Waals surface area contributed by atoms with Gasteiger partial charge in [-0.15, -0.1) is 0 Å². The van der Waals surface area contributed by atoms with E-state index in [0.29, 0.717) is 10.7 Å². The third-order valence-electron chi connectivity index (χ3n) is 6.73. The van der Waals surface area contributed by atoms with E-state index in [2.05, 4.69) is 21.2 Å². The van der Waals surface area contributed by atoms with Crippen LogP contribution < -0.4 is 5.32 Å². The first-order valence-electron chi connectivity index (χ1n) is 12.7. The van der Waals surface area contributed by atoms with Gasteiger partial charge in [-0.05, 0) is 48.7 Å². The number of hydrogen-bond donors (Lipinski definition) is 1. The predicted molar refractivity (Wildman–Crippen MR) is 151 cm³/mol. The molecule has 0 radical (unpaired) electrons. The lowest BCUT2D eigenvalue weighted by Gasteiger charge is -2.33. The van der Waals surface area contributed by atoms with Crippen LogP contribution in [0.5, 0.6) is 0 Å². The van der Waals surface area contributed by atoms with E-state index in [1.165, 1.54) is 23.1 Å². The minimum atomic E-state index is -4.20. The third kappa shape index (κ3) is 6.39. The van der Waals surface area contributed by atoms with Crippen LogP contribution in [-0.4, -0.2) is 54.0 Å². The Morgan fingerprint density at radius 1 is 0.949 bits per heavy atom. The fourth-order valence-corrected chi connectivity index (χ4v) is 6.17. The summed E-state index contributed by atoms with van der Waals surface area (Å²) in [6.45, 7) is 3.16. The number of benzene rings is 3. The molecule has 0 fully saturated rings. The number of halogens is 1. The van der Waals surface area contributed by atoms with Crippen molar-refractivity contribution in [2.75, 3.05) is 6.54 Å². The van der Waals surface area contributed by atoms with Crippen molar-refractivity contribution in [3.8, 4) is 0 Å². The molecule has 1 aliphatic heterocycles. The molecule has 4 rings (SSSR count). The minimum Gasteiger partial charge on any atom is -0.352 e. The molecule has 1 N–H and O–H groups in total. The number of amides is 3. The summed E-state index contributed by atoms with van der Waals surface area (Å²) in [7, 11) is -4.20. The Morgan fingerprint density at radius 2 is 1.59 bits per heavy atom. The van der Waals surface area contributed by atoms with Crippen molar-refractivity contribution >= 4 is 43.7 Å². The van der Waals surface area contributed by atoms with Gasteiger partial charge in [0.2, 0.25) is 11.8 Å². The summed E-state index contributed by atoms with van der Waals surface area (Å²) in [5.74, 6) is -1.76. The van der Waals surface area contributed by atoms with Crippen molar-refractivity contribution in [2.24, 2.45) is 0 Å². The summed E-state index contributed by atoms with van der Waals surface area (Å²) >= 11 is 3.41. The van der Waals surface area contributed by atoms with Crippen LogP contribution >= 0.6 is 15.9 Å². The average Bonchev–Trinajstić information content (AvgIpc) is 3.12. The molecule has 0 bridgehead atoms. The highest BCUT2D eigenvalue weighted by molar-refractivity contribution is 9.10. The number of carbonyl (C=O) groups excluding carboxylic acids is 3. The second-order valence-corrected chi connectivity index (χ2v) is 12.2. The fraction of sp³-hybridized carbons (Fsp3) is 0.276. The van der Waals surface area contributed by atoms with Crippen molar-refractivity contribution in [1.29, 1.82) is 0 Å². The van der Waals surface area contributed by atoms with Crippen molar-refractivity contribution < 1.29 is 22.8 Å². The Bertz CT molecular complexity index is 1460. The molecule has 204 valence electrons. The number of sulfonamides is 1. The van der Waals surface area contributed by atoms with E-state index < -0.39 is 34.4 Å². The maximum atomic E-state index is 13.9. The maximum absolute atomic E-state index is 13.9. The van der Waals surface area contributed by atoms with Gasteiger partial charge in [-0.25, -0.2) is 12.7 Å². The van der Waals surface area contributed by atoms with Crippen molar-refractivity contribution in [3.63, 3.8) is 0 Å². The monoisotopic (exact) mass is 611 g/mol. The molecule has 1 aliphatic rings. The lowest BCUT2D eigenvalue weighted by atomic mass is 10.0. The zero-order valence-corrected chi connectivity index (χ0v) is 24.1. The Kier molecular flexibility index (Phi) is 8.87. The highest BCUT2D eigenvalue weighted by Crippen LogP contribution is 2.30. The largest absolute Gasteiger partial charge is 0.352 e. The van der Waals surface area contributed by atoms with Crippen LogP contribution in [0.15, 0.2) is 88.2 Å². The summed E-state index contributed by atoms with van der Waals surface area (Å²) < 4.78 is 27.8. The van der Waals surface area contributed by atoms with E-state index in [9.17, 15) is 22.8 Å². The molecular formula is C29H30BrN3O5S. The van der Waals surface area contributed by atoms with E-state index in [1.807, 2.05) is 68.4 Å². The minimum absolute atomic E-state index is 0.0279. The van der Waals surface area contributed by atoms with Crippen LogP contribution in [0.3, 0.4) is 0 Å². The number of rotatable bonds is 10. The molecule has 0 spiro atoms. The first kappa shape index (κ1) is 28.5. The Morgan fingerprint density at radius 3 is 2.23 bits per heavy atom. The summed E-state index contributed by atoms with van der Waals surface area (Å²) in [5, 5.41) is 2.97. The van der Waals surface area contributed by atoms with Gasteiger partial charge in [-0.2, -0.15) is 0 Å². The zero-order chi connectivity index (χ0) is 28.2. The highest BCUT2D eigenvalue weighted by atomic mass is 79.9. The molecule has 3 amide bonds.